The van der Waals surface area contributed by atoms with Gasteiger partial charge in [-0.3, -0.25) is 0 Å². The van der Waals surface area contributed by atoms with Crippen molar-refractivity contribution in [1.82, 2.24) is 5.32 Å². The summed E-state index contributed by atoms with van der Waals surface area (Å²) in [5, 5.41) is 3.15. The van der Waals surface area contributed by atoms with Gasteiger partial charge in [-0.25, -0.2) is 0 Å². The van der Waals surface area contributed by atoms with Gasteiger partial charge in [0.2, 0.25) is 0 Å². The largest absolute Gasteiger partial charge is 0.386 e. The van der Waals surface area contributed by atoms with E-state index in [1.807, 2.05) is 6.07 Å². The fraction of sp³-hybridized carbons (Fsp3) is 0.429. The van der Waals surface area contributed by atoms with E-state index in [1.54, 1.807) is 7.11 Å². The van der Waals surface area contributed by atoms with Gasteiger partial charge in [0.05, 0.1) is 11.9 Å². The summed E-state index contributed by atoms with van der Waals surface area (Å²) in [6.45, 7) is 0.955. The molecular formula is C14H20N2O. The Labute approximate surface area is 103 Å². The minimum atomic E-state index is 0.187. The van der Waals surface area contributed by atoms with Crippen LogP contribution in [0, 0.1) is 5.92 Å². The average Bonchev–Trinajstić information content (AvgIpc) is 2.77. The van der Waals surface area contributed by atoms with Gasteiger partial charge < -0.3 is 15.8 Å². The average molecular weight is 232 g/mol. The lowest BCUT2D eigenvalue weighted by molar-refractivity contribution is 0.0912. The fourth-order valence-corrected chi connectivity index (χ4v) is 2.26. The van der Waals surface area contributed by atoms with Crippen LogP contribution < -0.4 is 11.1 Å². The molecule has 2 atom stereocenters. The van der Waals surface area contributed by atoms with Crippen molar-refractivity contribution in [1.29, 1.82) is 0 Å². The van der Waals surface area contributed by atoms with E-state index in [9.17, 15) is 0 Å². The van der Waals surface area contributed by atoms with Crippen LogP contribution in [-0.4, -0.2) is 13.7 Å². The van der Waals surface area contributed by atoms with Gasteiger partial charge in [0, 0.05) is 13.7 Å². The van der Waals surface area contributed by atoms with E-state index in [1.165, 1.54) is 5.56 Å². The summed E-state index contributed by atoms with van der Waals surface area (Å²) in [6, 6.07) is 10.4. The molecule has 0 unspecified atom stereocenters. The standard InChI is InChI=1S/C14H20N2O/c1-17-13(12-5-3-2-4-6-12)8-7-11-9-14(15)16-10-11/h2-6,9,11,13,16H,7-8,10,15H2,1H3/t11-,13+/m0/s1. The number of hydrogen-bond donors (Lipinski definition) is 2. The van der Waals surface area contributed by atoms with Crippen LogP contribution in [0.2, 0.25) is 0 Å². The molecule has 0 saturated carbocycles. The SMILES string of the molecule is CO[C@H](CC[C@H]1C=C(N)NC1)c1ccccc1. The van der Waals surface area contributed by atoms with Gasteiger partial charge in [0.25, 0.3) is 0 Å². The monoisotopic (exact) mass is 232 g/mol. The summed E-state index contributed by atoms with van der Waals surface area (Å²) in [7, 11) is 1.77. The molecule has 0 bridgehead atoms. The summed E-state index contributed by atoms with van der Waals surface area (Å²) in [4.78, 5) is 0. The minimum Gasteiger partial charge on any atom is -0.386 e. The van der Waals surface area contributed by atoms with Gasteiger partial charge >= 0.3 is 0 Å². The number of hydrogen-bond acceptors (Lipinski definition) is 3. The Hall–Kier alpha value is -1.48. The molecule has 0 aliphatic carbocycles. The third-order valence-corrected chi connectivity index (χ3v) is 3.24. The number of benzene rings is 1. The molecule has 0 aromatic heterocycles. The lowest BCUT2D eigenvalue weighted by Crippen LogP contribution is -2.16. The maximum absolute atomic E-state index is 5.69. The van der Waals surface area contributed by atoms with E-state index >= 15 is 0 Å². The predicted octanol–water partition coefficient (Wildman–Crippen LogP) is 2.17. The van der Waals surface area contributed by atoms with Gasteiger partial charge in [-0.15, -0.1) is 0 Å². The van der Waals surface area contributed by atoms with Crippen LogP contribution in [0.25, 0.3) is 0 Å². The minimum absolute atomic E-state index is 0.187. The van der Waals surface area contributed by atoms with Crippen LogP contribution in [0.5, 0.6) is 0 Å². The molecule has 1 aromatic rings. The number of rotatable bonds is 5. The third-order valence-electron chi connectivity index (χ3n) is 3.24. The second-order valence-corrected chi connectivity index (χ2v) is 4.48. The molecule has 0 saturated heterocycles. The fourth-order valence-electron chi connectivity index (χ4n) is 2.26. The highest BCUT2D eigenvalue weighted by Crippen LogP contribution is 2.25. The molecule has 1 aromatic carbocycles. The van der Waals surface area contributed by atoms with Crippen molar-refractivity contribution in [3.8, 4) is 0 Å². The first kappa shape index (κ1) is 12.0. The van der Waals surface area contributed by atoms with Gasteiger partial charge in [-0.1, -0.05) is 30.3 Å². The summed E-state index contributed by atoms with van der Waals surface area (Å²) in [6.07, 6.45) is 4.42. The van der Waals surface area contributed by atoms with E-state index in [0.29, 0.717) is 5.92 Å². The highest BCUT2D eigenvalue weighted by molar-refractivity contribution is 5.17. The maximum atomic E-state index is 5.69. The zero-order valence-corrected chi connectivity index (χ0v) is 10.2. The quantitative estimate of drug-likeness (QED) is 0.818. The van der Waals surface area contributed by atoms with Crippen molar-refractivity contribution in [2.24, 2.45) is 11.7 Å². The number of ether oxygens (including phenoxy) is 1. The lowest BCUT2D eigenvalue weighted by Gasteiger charge is -2.17. The molecule has 3 heteroatoms. The van der Waals surface area contributed by atoms with Crippen molar-refractivity contribution in [3.05, 3.63) is 47.8 Å². The highest BCUT2D eigenvalue weighted by Gasteiger charge is 2.16. The van der Waals surface area contributed by atoms with Gasteiger partial charge in [-0.05, 0) is 30.4 Å². The molecule has 2 rings (SSSR count). The van der Waals surface area contributed by atoms with Gasteiger partial charge in [0.1, 0.15) is 0 Å². The van der Waals surface area contributed by atoms with E-state index in [2.05, 4.69) is 35.7 Å². The number of nitrogens with two attached hydrogens (primary N) is 1. The number of methoxy groups -OCH3 is 1. The summed E-state index contributed by atoms with van der Waals surface area (Å²) < 4.78 is 5.55. The van der Waals surface area contributed by atoms with E-state index in [4.69, 9.17) is 10.5 Å². The Morgan fingerprint density at radius 3 is 2.76 bits per heavy atom. The zero-order chi connectivity index (χ0) is 12.1. The Morgan fingerprint density at radius 2 is 2.18 bits per heavy atom. The van der Waals surface area contributed by atoms with Crippen LogP contribution in [-0.2, 0) is 4.74 Å². The predicted molar refractivity (Wildman–Crippen MR) is 69.2 cm³/mol. The normalized spacial score (nSPS) is 20.8. The third kappa shape index (κ3) is 3.24. The number of nitrogens with one attached hydrogen (secondary N) is 1. The van der Waals surface area contributed by atoms with Gasteiger partial charge in [-0.2, -0.15) is 0 Å². The molecule has 3 nitrogen and oxygen atoms in total. The Bertz CT molecular complexity index is 375. The van der Waals surface area contributed by atoms with Gasteiger partial charge in [0.15, 0.2) is 0 Å². The second kappa shape index (κ2) is 5.73. The molecule has 17 heavy (non-hydrogen) atoms. The maximum Gasteiger partial charge on any atom is 0.0922 e. The first-order chi connectivity index (χ1) is 8.29. The van der Waals surface area contributed by atoms with Crippen molar-refractivity contribution in [3.63, 3.8) is 0 Å². The highest BCUT2D eigenvalue weighted by atomic mass is 16.5. The van der Waals surface area contributed by atoms with Crippen LogP contribution in [0.4, 0.5) is 0 Å². The molecular weight excluding hydrogens is 212 g/mol. The molecule has 0 fully saturated rings. The summed E-state index contributed by atoms with van der Waals surface area (Å²) in [5.74, 6) is 1.35. The summed E-state index contributed by atoms with van der Waals surface area (Å²) >= 11 is 0. The Kier molecular flexibility index (Phi) is 4.04. The molecule has 1 aliphatic rings. The van der Waals surface area contributed by atoms with Crippen LogP contribution in [0.1, 0.15) is 24.5 Å². The zero-order valence-electron chi connectivity index (χ0n) is 10.2. The first-order valence-electron chi connectivity index (χ1n) is 6.08. The molecule has 1 aliphatic heterocycles. The summed E-state index contributed by atoms with van der Waals surface area (Å²) in [5.41, 5.74) is 6.94. The van der Waals surface area contributed by atoms with E-state index in [0.717, 1.165) is 25.2 Å². The van der Waals surface area contributed by atoms with Crippen molar-refractivity contribution >= 4 is 0 Å². The first-order valence-corrected chi connectivity index (χ1v) is 6.08. The van der Waals surface area contributed by atoms with E-state index in [-0.39, 0.29) is 6.10 Å². The van der Waals surface area contributed by atoms with E-state index < -0.39 is 0 Å². The van der Waals surface area contributed by atoms with Crippen molar-refractivity contribution < 1.29 is 4.74 Å². The molecule has 0 amide bonds. The topological polar surface area (TPSA) is 47.3 Å². The van der Waals surface area contributed by atoms with Crippen LogP contribution >= 0.6 is 0 Å². The Balaban J connectivity index is 1.88. The smallest absolute Gasteiger partial charge is 0.0922 e. The van der Waals surface area contributed by atoms with Crippen molar-refractivity contribution in [2.75, 3.05) is 13.7 Å². The lowest BCUT2D eigenvalue weighted by atomic mass is 9.98. The molecule has 3 N–H and O–H groups in total. The molecule has 0 radical (unpaired) electrons. The van der Waals surface area contributed by atoms with Crippen LogP contribution in [0.15, 0.2) is 42.2 Å². The van der Waals surface area contributed by atoms with Crippen molar-refractivity contribution in [2.45, 2.75) is 18.9 Å². The molecule has 92 valence electrons. The molecule has 0 spiro atoms. The second-order valence-electron chi connectivity index (χ2n) is 4.48. The molecule has 1 heterocycles. The Morgan fingerprint density at radius 1 is 1.41 bits per heavy atom. The van der Waals surface area contributed by atoms with Crippen LogP contribution in [0.3, 0.4) is 0 Å².